The van der Waals surface area contributed by atoms with Crippen molar-refractivity contribution in [1.29, 1.82) is 0 Å². The third-order valence-corrected chi connectivity index (χ3v) is 5.18. The van der Waals surface area contributed by atoms with Crippen LogP contribution in [0.2, 0.25) is 0 Å². The average molecular weight is 307 g/mol. The Morgan fingerprint density at radius 3 is 3.05 bits per heavy atom. The number of aromatic nitrogens is 2. The van der Waals surface area contributed by atoms with E-state index in [1.165, 1.54) is 10.6 Å². The smallest absolute Gasteiger partial charge is 0.228 e. The molecule has 1 aliphatic rings. The van der Waals surface area contributed by atoms with Gasteiger partial charge in [0, 0.05) is 35.4 Å². The van der Waals surface area contributed by atoms with Crippen molar-refractivity contribution in [2.75, 3.05) is 18.1 Å². The predicted octanol–water partition coefficient (Wildman–Crippen LogP) is 2.61. The molecule has 0 amide bonds. The van der Waals surface area contributed by atoms with E-state index < -0.39 is 0 Å². The Bertz CT molecular complexity index is 526. The first kappa shape index (κ1) is 14.0. The van der Waals surface area contributed by atoms with E-state index >= 15 is 0 Å². The molecule has 3 rings (SSSR count). The third-order valence-electron chi connectivity index (χ3n) is 3.04. The lowest BCUT2D eigenvalue weighted by molar-refractivity contribution is 0.359. The average Bonchev–Trinajstić information content (AvgIpc) is 2.95. The molecule has 6 heteroatoms. The summed E-state index contributed by atoms with van der Waals surface area (Å²) >= 11 is 3.71. The van der Waals surface area contributed by atoms with E-state index in [0.717, 1.165) is 36.2 Å². The van der Waals surface area contributed by atoms with Crippen LogP contribution >= 0.6 is 23.5 Å². The van der Waals surface area contributed by atoms with E-state index in [0.29, 0.717) is 6.04 Å². The van der Waals surface area contributed by atoms with Gasteiger partial charge < -0.3 is 9.84 Å². The minimum Gasteiger partial charge on any atom is -0.339 e. The van der Waals surface area contributed by atoms with Gasteiger partial charge in [0.2, 0.25) is 5.89 Å². The highest BCUT2D eigenvalue weighted by Gasteiger charge is 2.17. The molecule has 2 heterocycles. The molecule has 1 saturated heterocycles. The molecule has 0 saturated carbocycles. The fourth-order valence-corrected chi connectivity index (χ4v) is 3.77. The van der Waals surface area contributed by atoms with Crippen LogP contribution in [0.5, 0.6) is 0 Å². The van der Waals surface area contributed by atoms with Gasteiger partial charge in [0.1, 0.15) is 0 Å². The molecule has 1 aliphatic heterocycles. The summed E-state index contributed by atoms with van der Waals surface area (Å²) in [5.41, 5.74) is 0. The Balaban J connectivity index is 1.51. The van der Waals surface area contributed by atoms with Gasteiger partial charge in [0.25, 0.3) is 0 Å². The maximum atomic E-state index is 5.33. The minimum atomic E-state index is 0.462. The lowest BCUT2D eigenvalue weighted by Gasteiger charge is -2.21. The number of thioether (sulfide) groups is 2. The van der Waals surface area contributed by atoms with Crippen LogP contribution in [-0.4, -0.2) is 34.2 Å². The maximum absolute atomic E-state index is 5.33. The van der Waals surface area contributed by atoms with Gasteiger partial charge in [-0.25, -0.2) is 0 Å². The number of nitrogens with zero attached hydrogens (tertiary/aromatic N) is 2. The van der Waals surface area contributed by atoms with Crippen molar-refractivity contribution in [2.24, 2.45) is 0 Å². The minimum absolute atomic E-state index is 0.462. The van der Waals surface area contributed by atoms with Gasteiger partial charge in [-0.3, -0.25) is 0 Å². The van der Waals surface area contributed by atoms with Crippen molar-refractivity contribution in [3.63, 3.8) is 0 Å². The topological polar surface area (TPSA) is 51.0 Å². The van der Waals surface area contributed by atoms with Crippen molar-refractivity contribution < 1.29 is 4.52 Å². The normalized spacial score (nSPS) is 19.1. The fourth-order valence-electron chi connectivity index (χ4n) is 2.06. The Morgan fingerprint density at radius 2 is 2.25 bits per heavy atom. The first-order chi connectivity index (χ1) is 9.90. The molecule has 106 valence electrons. The van der Waals surface area contributed by atoms with Gasteiger partial charge in [-0.2, -0.15) is 16.7 Å². The monoisotopic (exact) mass is 307 g/mol. The molecule has 0 spiro atoms. The first-order valence-corrected chi connectivity index (χ1v) is 8.84. The van der Waals surface area contributed by atoms with E-state index in [1.54, 1.807) is 11.8 Å². The number of rotatable bonds is 5. The summed E-state index contributed by atoms with van der Waals surface area (Å²) in [7, 11) is 0. The molecule has 1 atom stereocenters. The quantitative estimate of drug-likeness (QED) is 0.857. The van der Waals surface area contributed by atoms with Crippen LogP contribution in [0.15, 0.2) is 39.8 Å². The van der Waals surface area contributed by atoms with Crippen LogP contribution < -0.4 is 5.32 Å². The van der Waals surface area contributed by atoms with Gasteiger partial charge in [-0.15, -0.1) is 11.8 Å². The zero-order chi connectivity index (χ0) is 13.6. The molecule has 0 aliphatic carbocycles. The molecule has 0 bridgehead atoms. The van der Waals surface area contributed by atoms with E-state index in [-0.39, 0.29) is 0 Å². The molecule has 0 radical (unpaired) electrons. The highest BCUT2D eigenvalue weighted by molar-refractivity contribution is 7.99. The lowest BCUT2D eigenvalue weighted by atomic mass is 10.2. The fraction of sp³-hybridized carbons (Fsp3) is 0.429. The Hall–Kier alpha value is -0.980. The van der Waals surface area contributed by atoms with Crippen molar-refractivity contribution in [2.45, 2.75) is 23.1 Å². The number of benzene rings is 1. The van der Waals surface area contributed by atoms with E-state index in [2.05, 4.69) is 27.6 Å². The highest BCUT2D eigenvalue weighted by atomic mass is 32.2. The van der Waals surface area contributed by atoms with Gasteiger partial charge in [-0.1, -0.05) is 23.4 Å². The van der Waals surface area contributed by atoms with Crippen molar-refractivity contribution in [3.8, 4) is 0 Å². The predicted molar refractivity (Wildman–Crippen MR) is 83.1 cm³/mol. The van der Waals surface area contributed by atoms with E-state index in [4.69, 9.17) is 4.52 Å². The molecular formula is C14H17N3OS2. The summed E-state index contributed by atoms with van der Waals surface area (Å²) in [4.78, 5) is 5.70. The Labute approximate surface area is 127 Å². The Morgan fingerprint density at radius 1 is 1.35 bits per heavy atom. The largest absolute Gasteiger partial charge is 0.339 e. The molecule has 4 nitrogen and oxygen atoms in total. The van der Waals surface area contributed by atoms with Crippen LogP contribution in [0.4, 0.5) is 0 Å². The highest BCUT2D eigenvalue weighted by Crippen LogP contribution is 2.21. The van der Waals surface area contributed by atoms with Crippen LogP contribution in [0.1, 0.15) is 11.7 Å². The molecular weight excluding hydrogens is 290 g/mol. The molecule has 1 aromatic carbocycles. The molecule has 2 aromatic rings. The molecule has 1 fully saturated rings. The second kappa shape index (κ2) is 7.15. The molecule has 1 unspecified atom stereocenters. The van der Waals surface area contributed by atoms with Crippen LogP contribution in [0.3, 0.4) is 0 Å². The summed E-state index contributed by atoms with van der Waals surface area (Å²) in [6.07, 6.45) is 0.829. The molecule has 20 heavy (non-hydrogen) atoms. The first-order valence-electron chi connectivity index (χ1n) is 6.70. The lowest BCUT2D eigenvalue weighted by Crippen LogP contribution is -2.38. The summed E-state index contributed by atoms with van der Waals surface area (Å²) in [6, 6.07) is 10.7. The second-order valence-corrected chi connectivity index (χ2v) is 6.83. The summed E-state index contributed by atoms with van der Waals surface area (Å²) in [5.74, 6) is 4.59. The second-order valence-electron chi connectivity index (χ2n) is 4.64. The van der Waals surface area contributed by atoms with Crippen molar-refractivity contribution in [1.82, 2.24) is 15.5 Å². The number of nitrogens with one attached hydrogen (secondary N) is 1. The summed E-state index contributed by atoms with van der Waals surface area (Å²) in [5, 5.41) is 7.54. The van der Waals surface area contributed by atoms with Gasteiger partial charge in [0.15, 0.2) is 5.82 Å². The molecule has 1 N–H and O–H groups in total. The summed E-state index contributed by atoms with van der Waals surface area (Å²) < 4.78 is 5.33. The number of hydrogen-bond acceptors (Lipinski definition) is 6. The van der Waals surface area contributed by atoms with Gasteiger partial charge >= 0.3 is 0 Å². The van der Waals surface area contributed by atoms with Crippen molar-refractivity contribution >= 4 is 23.5 Å². The van der Waals surface area contributed by atoms with Crippen LogP contribution in [0.25, 0.3) is 0 Å². The van der Waals surface area contributed by atoms with Crippen molar-refractivity contribution in [3.05, 3.63) is 42.0 Å². The zero-order valence-electron chi connectivity index (χ0n) is 11.1. The third kappa shape index (κ3) is 4.01. The van der Waals surface area contributed by atoms with Crippen LogP contribution in [-0.2, 0) is 12.2 Å². The Kier molecular flexibility index (Phi) is 5.00. The van der Waals surface area contributed by atoms with E-state index in [1.807, 2.05) is 30.0 Å². The van der Waals surface area contributed by atoms with Crippen LogP contribution in [0, 0.1) is 0 Å². The maximum Gasteiger partial charge on any atom is 0.228 e. The standard InChI is InChI=1S/C14H17N3OS2/c1-2-4-12(5-3-1)20-10-13-16-14(18-17-13)8-11-9-19-7-6-15-11/h1-5,11,15H,6-10H2. The number of hydrogen-bond donors (Lipinski definition) is 1. The van der Waals surface area contributed by atoms with E-state index in [9.17, 15) is 0 Å². The van der Waals surface area contributed by atoms with Gasteiger partial charge in [0.05, 0.1) is 5.75 Å². The van der Waals surface area contributed by atoms with Gasteiger partial charge in [-0.05, 0) is 12.1 Å². The summed E-state index contributed by atoms with van der Waals surface area (Å²) in [6.45, 7) is 1.07. The molecule has 1 aromatic heterocycles. The SMILES string of the molecule is c1ccc(SCc2noc(CC3CSCCN3)n2)cc1. The zero-order valence-corrected chi connectivity index (χ0v) is 12.8.